The SMILES string of the molecule is Clc1cc2[nH]cc(CCN3CCN(c4ccc5c(c4)CCO5)CC3)c2cc1Cl. The molecular weight excluding hydrogens is 393 g/mol. The van der Waals surface area contributed by atoms with Crippen molar-refractivity contribution in [3.05, 3.63) is 57.7 Å². The molecule has 3 heterocycles. The third kappa shape index (κ3) is 3.45. The van der Waals surface area contributed by atoms with Crippen LogP contribution < -0.4 is 9.64 Å². The maximum absolute atomic E-state index is 6.21. The van der Waals surface area contributed by atoms with E-state index in [1.54, 1.807) is 0 Å². The number of nitrogens with zero attached hydrogens (tertiary/aromatic N) is 2. The van der Waals surface area contributed by atoms with E-state index in [0.29, 0.717) is 10.0 Å². The van der Waals surface area contributed by atoms with Gasteiger partial charge in [0.25, 0.3) is 0 Å². The monoisotopic (exact) mass is 415 g/mol. The Hall–Kier alpha value is -1.88. The van der Waals surface area contributed by atoms with Crippen LogP contribution in [-0.4, -0.2) is 49.2 Å². The molecule has 0 saturated carbocycles. The second-order valence-corrected chi connectivity index (χ2v) is 8.41. The van der Waals surface area contributed by atoms with E-state index in [0.717, 1.165) is 63.4 Å². The fourth-order valence-electron chi connectivity index (χ4n) is 4.26. The van der Waals surface area contributed by atoms with Crippen molar-refractivity contribution >= 4 is 39.8 Å². The van der Waals surface area contributed by atoms with Crippen LogP contribution in [0.4, 0.5) is 5.69 Å². The zero-order chi connectivity index (χ0) is 19.1. The van der Waals surface area contributed by atoms with Crippen molar-refractivity contribution in [2.45, 2.75) is 12.8 Å². The van der Waals surface area contributed by atoms with Gasteiger partial charge in [-0.2, -0.15) is 0 Å². The third-order valence-electron chi connectivity index (χ3n) is 5.92. The molecule has 2 aromatic carbocycles. The van der Waals surface area contributed by atoms with Gasteiger partial charge in [-0.3, -0.25) is 4.90 Å². The highest BCUT2D eigenvalue weighted by atomic mass is 35.5. The van der Waals surface area contributed by atoms with E-state index < -0.39 is 0 Å². The Morgan fingerprint density at radius 3 is 2.68 bits per heavy atom. The molecule has 4 nitrogen and oxygen atoms in total. The minimum atomic E-state index is 0.594. The molecule has 1 fully saturated rings. The van der Waals surface area contributed by atoms with Gasteiger partial charge >= 0.3 is 0 Å². The van der Waals surface area contributed by atoms with Crippen LogP contribution in [0.25, 0.3) is 10.9 Å². The first-order valence-corrected chi connectivity index (χ1v) is 10.6. The minimum absolute atomic E-state index is 0.594. The number of benzene rings is 2. The van der Waals surface area contributed by atoms with E-state index in [-0.39, 0.29) is 0 Å². The molecule has 0 bridgehead atoms. The summed E-state index contributed by atoms with van der Waals surface area (Å²) in [6.45, 7) is 6.17. The Morgan fingerprint density at radius 1 is 1.00 bits per heavy atom. The number of hydrogen-bond donors (Lipinski definition) is 1. The van der Waals surface area contributed by atoms with Gasteiger partial charge in [0.1, 0.15) is 5.75 Å². The molecule has 3 aromatic rings. The lowest BCUT2D eigenvalue weighted by atomic mass is 10.1. The van der Waals surface area contributed by atoms with E-state index in [2.05, 4.69) is 39.2 Å². The van der Waals surface area contributed by atoms with Crippen LogP contribution in [0.2, 0.25) is 10.0 Å². The topological polar surface area (TPSA) is 31.5 Å². The predicted octanol–water partition coefficient (Wildman–Crippen LogP) is 4.77. The number of aromatic nitrogens is 1. The highest BCUT2D eigenvalue weighted by Crippen LogP contribution is 2.31. The maximum Gasteiger partial charge on any atom is 0.122 e. The molecule has 0 radical (unpaired) electrons. The average molecular weight is 416 g/mol. The molecule has 1 saturated heterocycles. The zero-order valence-corrected chi connectivity index (χ0v) is 17.2. The average Bonchev–Trinajstić information content (AvgIpc) is 3.33. The van der Waals surface area contributed by atoms with Gasteiger partial charge in [0, 0.05) is 61.9 Å². The molecular formula is C22H23Cl2N3O. The molecule has 1 N–H and O–H groups in total. The zero-order valence-electron chi connectivity index (χ0n) is 15.7. The van der Waals surface area contributed by atoms with Crippen LogP contribution in [0.3, 0.4) is 0 Å². The second kappa shape index (κ2) is 7.51. The van der Waals surface area contributed by atoms with E-state index in [1.807, 2.05) is 12.1 Å². The van der Waals surface area contributed by atoms with Crippen molar-refractivity contribution < 1.29 is 4.74 Å². The smallest absolute Gasteiger partial charge is 0.122 e. The molecule has 1 aromatic heterocycles. The Kier molecular flexibility index (Phi) is 4.87. The van der Waals surface area contributed by atoms with Crippen LogP contribution in [0.1, 0.15) is 11.1 Å². The summed E-state index contributed by atoms with van der Waals surface area (Å²) in [5, 5.41) is 2.38. The van der Waals surface area contributed by atoms with Crippen LogP contribution in [0, 0.1) is 0 Å². The number of halogens is 2. The van der Waals surface area contributed by atoms with Crippen LogP contribution in [0.15, 0.2) is 36.5 Å². The largest absolute Gasteiger partial charge is 0.493 e. The van der Waals surface area contributed by atoms with Gasteiger partial charge in [-0.05, 0) is 47.9 Å². The lowest BCUT2D eigenvalue weighted by molar-refractivity contribution is 0.261. The fourth-order valence-corrected chi connectivity index (χ4v) is 4.59. The van der Waals surface area contributed by atoms with E-state index in [1.165, 1.54) is 22.2 Å². The highest BCUT2D eigenvalue weighted by molar-refractivity contribution is 6.42. The van der Waals surface area contributed by atoms with Crippen molar-refractivity contribution in [3.8, 4) is 5.75 Å². The van der Waals surface area contributed by atoms with Crippen molar-refractivity contribution in [1.82, 2.24) is 9.88 Å². The summed E-state index contributed by atoms with van der Waals surface area (Å²) in [6, 6.07) is 10.5. The molecule has 0 aliphatic carbocycles. The Labute approximate surface area is 175 Å². The van der Waals surface area contributed by atoms with Gasteiger partial charge in [-0.1, -0.05) is 23.2 Å². The summed E-state index contributed by atoms with van der Waals surface area (Å²) in [4.78, 5) is 8.35. The lowest BCUT2D eigenvalue weighted by Gasteiger charge is -2.36. The first kappa shape index (κ1) is 18.2. The highest BCUT2D eigenvalue weighted by Gasteiger charge is 2.20. The summed E-state index contributed by atoms with van der Waals surface area (Å²) >= 11 is 12.3. The standard InChI is InChI=1S/C22H23Cl2N3O/c23-19-12-18-16(14-25-21(18)13-20(19)24)3-5-26-6-8-27(9-7-26)17-1-2-22-15(11-17)4-10-28-22/h1-2,11-14,25H,3-10H2. The van der Waals surface area contributed by atoms with Gasteiger partial charge in [-0.15, -0.1) is 0 Å². The van der Waals surface area contributed by atoms with Gasteiger partial charge in [0.05, 0.1) is 16.7 Å². The van der Waals surface area contributed by atoms with Crippen molar-refractivity contribution in [1.29, 1.82) is 0 Å². The Bertz CT molecular complexity index is 1010. The van der Waals surface area contributed by atoms with Crippen molar-refractivity contribution in [2.24, 2.45) is 0 Å². The number of nitrogens with one attached hydrogen (secondary N) is 1. The van der Waals surface area contributed by atoms with E-state index >= 15 is 0 Å². The Balaban J connectivity index is 1.19. The van der Waals surface area contributed by atoms with E-state index in [9.17, 15) is 0 Å². The van der Waals surface area contributed by atoms with Gasteiger partial charge in [0.15, 0.2) is 0 Å². The first-order chi connectivity index (χ1) is 13.7. The third-order valence-corrected chi connectivity index (χ3v) is 6.64. The van der Waals surface area contributed by atoms with Crippen LogP contribution in [-0.2, 0) is 12.8 Å². The summed E-state index contributed by atoms with van der Waals surface area (Å²) < 4.78 is 5.62. The van der Waals surface area contributed by atoms with Gasteiger partial charge < -0.3 is 14.6 Å². The molecule has 146 valence electrons. The molecule has 5 rings (SSSR count). The van der Waals surface area contributed by atoms with Crippen molar-refractivity contribution in [3.63, 3.8) is 0 Å². The molecule has 6 heteroatoms. The van der Waals surface area contributed by atoms with Gasteiger partial charge in [0.2, 0.25) is 0 Å². The number of hydrogen-bond acceptors (Lipinski definition) is 3. The van der Waals surface area contributed by atoms with Crippen molar-refractivity contribution in [2.75, 3.05) is 44.2 Å². The summed E-state index contributed by atoms with van der Waals surface area (Å²) in [5.41, 5.74) is 5.02. The number of ether oxygens (including phenoxy) is 1. The fraction of sp³-hybridized carbons (Fsp3) is 0.364. The van der Waals surface area contributed by atoms with E-state index in [4.69, 9.17) is 27.9 Å². The number of fused-ring (bicyclic) bond motifs is 2. The summed E-state index contributed by atoms with van der Waals surface area (Å²) in [5.74, 6) is 1.06. The lowest BCUT2D eigenvalue weighted by Crippen LogP contribution is -2.47. The van der Waals surface area contributed by atoms with Crippen LogP contribution >= 0.6 is 23.2 Å². The second-order valence-electron chi connectivity index (χ2n) is 7.59. The summed E-state index contributed by atoms with van der Waals surface area (Å²) in [7, 11) is 0. The number of H-pyrrole nitrogens is 1. The molecule has 2 aliphatic rings. The van der Waals surface area contributed by atoms with Crippen LogP contribution in [0.5, 0.6) is 5.75 Å². The quantitative estimate of drug-likeness (QED) is 0.665. The number of piperazine rings is 1. The maximum atomic E-state index is 6.21. The minimum Gasteiger partial charge on any atom is -0.493 e. The summed E-state index contributed by atoms with van der Waals surface area (Å²) in [6.07, 6.45) is 4.12. The molecule has 2 aliphatic heterocycles. The van der Waals surface area contributed by atoms with Gasteiger partial charge in [-0.25, -0.2) is 0 Å². The molecule has 0 atom stereocenters. The first-order valence-electron chi connectivity index (χ1n) is 9.85. The Morgan fingerprint density at radius 2 is 1.82 bits per heavy atom. The molecule has 28 heavy (non-hydrogen) atoms. The number of aromatic amines is 1. The predicted molar refractivity (Wildman–Crippen MR) is 116 cm³/mol. The molecule has 0 spiro atoms. The normalized spacial score (nSPS) is 17.1. The number of anilines is 1. The molecule has 0 amide bonds. The number of rotatable bonds is 4. The molecule has 0 unspecified atom stereocenters.